The van der Waals surface area contributed by atoms with E-state index in [-0.39, 0.29) is 32.8 Å². The number of nitrogens with two attached hydrogens (primary N) is 1. The number of rotatable bonds is 38. The van der Waals surface area contributed by atoms with Gasteiger partial charge in [-0.25, -0.2) is 4.57 Å². The van der Waals surface area contributed by atoms with Gasteiger partial charge >= 0.3 is 13.8 Å². The Bertz CT molecular complexity index is 1260. The lowest BCUT2D eigenvalue weighted by Crippen LogP contribution is -2.28. The minimum Gasteiger partial charge on any atom is -0.457 e. The van der Waals surface area contributed by atoms with Crippen LogP contribution in [0.3, 0.4) is 0 Å². The van der Waals surface area contributed by atoms with Crippen LogP contribution in [0.25, 0.3) is 0 Å². The Kier molecular flexibility index (Phi) is 40.6. The Labute approximate surface area is 341 Å². The number of phosphoric ester groups is 1. The van der Waals surface area contributed by atoms with E-state index in [4.69, 9.17) is 24.3 Å². The number of esters is 1. The van der Waals surface area contributed by atoms with E-state index in [1.54, 1.807) is 0 Å². The van der Waals surface area contributed by atoms with Crippen LogP contribution < -0.4 is 5.73 Å². The molecular formula is C47H76NO7P. The molecule has 56 heavy (non-hydrogen) atoms. The molecule has 0 aliphatic heterocycles. The third-order valence-corrected chi connectivity index (χ3v) is 8.86. The van der Waals surface area contributed by atoms with E-state index in [0.717, 1.165) is 103 Å². The highest BCUT2D eigenvalue weighted by Crippen LogP contribution is 2.43. The molecule has 0 fully saturated rings. The fourth-order valence-electron chi connectivity index (χ4n) is 4.88. The lowest BCUT2D eigenvalue weighted by Gasteiger charge is -2.20. The molecule has 2 atom stereocenters. The van der Waals surface area contributed by atoms with Crippen molar-refractivity contribution in [3.63, 3.8) is 0 Å². The molecule has 0 aliphatic rings. The van der Waals surface area contributed by atoms with Crippen LogP contribution in [-0.2, 0) is 27.9 Å². The second-order valence-corrected chi connectivity index (χ2v) is 14.5. The molecule has 0 aromatic rings. The zero-order valence-corrected chi connectivity index (χ0v) is 35.7. The van der Waals surface area contributed by atoms with Gasteiger partial charge < -0.3 is 20.1 Å². The number of hydrogen-bond donors (Lipinski definition) is 2. The van der Waals surface area contributed by atoms with Crippen LogP contribution in [0.2, 0.25) is 0 Å². The Hall–Kier alpha value is -3.10. The van der Waals surface area contributed by atoms with Gasteiger partial charge in [0.15, 0.2) is 0 Å². The van der Waals surface area contributed by atoms with E-state index in [0.29, 0.717) is 13.0 Å². The van der Waals surface area contributed by atoms with Gasteiger partial charge in [0, 0.05) is 19.6 Å². The molecule has 0 amide bonds. The number of carbonyl (C=O) groups is 1. The first-order valence-electron chi connectivity index (χ1n) is 21.0. The topological polar surface area (TPSA) is 117 Å². The molecule has 0 aromatic heterocycles. The first-order chi connectivity index (χ1) is 27.4. The molecule has 0 heterocycles. The smallest absolute Gasteiger partial charge is 0.457 e. The molecule has 3 N–H and O–H groups in total. The molecule has 9 heteroatoms. The Balaban J connectivity index is 4.23. The van der Waals surface area contributed by atoms with Gasteiger partial charge in [0.05, 0.1) is 19.8 Å². The predicted molar refractivity (Wildman–Crippen MR) is 237 cm³/mol. The van der Waals surface area contributed by atoms with E-state index in [1.165, 1.54) is 0 Å². The van der Waals surface area contributed by atoms with Crippen molar-refractivity contribution >= 4 is 13.8 Å². The van der Waals surface area contributed by atoms with Crippen molar-refractivity contribution in [2.24, 2.45) is 5.73 Å². The van der Waals surface area contributed by atoms with Crippen molar-refractivity contribution in [3.8, 4) is 0 Å². The lowest BCUT2D eigenvalue weighted by molar-refractivity contribution is -0.154. The van der Waals surface area contributed by atoms with Crippen molar-refractivity contribution in [3.05, 3.63) is 122 Å². The van der Waals surface area contributed by atoms with Gasteiger partial charge in [0.1, 0.15) is 6.10 Å². The van der Waals surface area contributed by atoms with E-state index in [9.17, 15) is 14.3 Å². The normalized spacial score (nSPS) is 14.7. The van der Waals surface area contributed by atoms with Crippen molar-refractivity contribution in [2.75, 3.05) is 33.0 Å². The average Bonchev–Trinajstić information content (AvgIpc) is 3.19. The third-order valence-electron chi connectivity index (χ3n) is 7.87. The van der Waals surface area contributed by atoms with Gasteiger partial charge in [-0.3, -0.25) is 13.8 Å². The number of ether oxygens (including phenoxy) is 2. The van der Waals surface area contributed by atoms with Crippen LogP contribution in [0.4, 0.5) is 0 Å². The number of phosphoric acid groups is 1. The number of unbranched alkanes of at least 4 members (excludes halogenated alkanes) is 5. The average molecular weight is 798 g/mol. The molecule has 316 valence electrons. The van der Waals surface area contributed by atoms with Crippen LogP contribution in [0.1, 0.15) is 129 Å². The van der Waals surface area contributed by atoms with Gasteiger partial charge in [0.25, 0.3) is 0 Å². The minimum atomic E-state index is -4.31. The van der Waals surface area contributed by atoms with Crippen LogP contribution in [-0.4, -0.2) is 49.9 Å². The van der Waals surface area contributed by atoms with E-state index >= 15 is 0 Å². The summed E-state index contributed by atoms with van der Waals surface area (Å²) in [6, 6.07) is 0. The minimum absolute atomic E-state index is 0.0684. The van der Waals surface area contributed by atoms with Crippen molar-refractivity contribution in [2.45, 2.75) is 136 Å². The maximum Gasteiger partial charge on any atom is 0.472 e. The number of allylic oxidation sites excluding steroid dienone is 20. The maximum absolute atomic E-state index is 12.6. The van der Waals surface area contributed by atoms with Gasteiger partial charge in [0.2, 0.25) is 0 Å². The van der Waals surface area contributed by atoms with Crippen LogP contribution >= 0.6 is 7.82 Å². The maximum atomic E-state index is 12.6. The van der Waals surface area contributed by atoms with Crippen LogP contribution in [0.15, 0.2) is 122 Å². The molecule has 0 bridgehead atoms. The molecule has 2 unspecified atom stereocenters. The molecule has 0 aliphatic carbocycles. The van der Waals surface area contributed by atoms with Crippen LogP contribution in [0, 0.1) is 0 Å². The highest BCUT2D eigenvalue weighted by atomic mass is 31.2. The summed E-state index contributed by atoms with van der Waals surface area (Å²) in [5.74, 6) is -0.403. The summed E-state index contributed by atoms with van der Waals surface area (Å²) in [6.07, 6.45) is 59.4. The van der Waals surface area contributed by atoms with Crippen LogP contribution in [0.5, 0.6) is 0 Å². The third kappa shape index (κ3) is 42.1. The summed E-state index contributed by atoms with van der Waals surface area (Å²) < 4.78 is 33.3. The SMILES string of the molecule is CC/C=C\C/C=C\C/C=C\C/C=C\C/C=C\C/C=C\C/C=C\CCCC(=O)OC(COCCCCCC/C=C\C/C=C\C/C=C\CC)COP(=O)(O)OCCN. The summed E-state index contributed by atoms with van der Waals surface area (Å²) in [5.41, 5.74) is 5.36. The molecular weight excluding hydrogens is 721 g/mol. The van der Waals surface area contributed by atoms with Crippen molar-refractivity contribution in [1.29, 1.82) is 0 Å². The van der Waals surface area contributed by atoms with Crippen molar-refractivity contribution in [1.82, 2.24) is 0 Å². The molecule has 0 radical (unpaired) electrons. The monoisotopic (exact) mass is 798 g/mol. The van der Waals surface area contributed by atoms with Gasteiger partial charge in [-0.05, 0) is 96.3 Å². The summed E-state index contributed by atoms with van der Waals surface area (Å²) in [6.45, 7) is 4.51. The molecule has 0 aromatic carbocycles. The highest BCUT2D eigenvalue weighted by Gasteiger charge is 2.25. The molecule has 8 nitrogen and oxygen atoms in total. The molecule has 0 saturated heterocycles. The Morgan fingerprint density at radius 2 is 0.946 bits per heavy atom. The second-order valence-electron chi connectivity index (χ2n) is 13.1. The van der Waals surface area contributed by atoms with Gasteiger partial charge in [-0.1, -0.05) is 148 Å². The van der Waals surface area contributed by atoms with E-state index in [2.05, 4.69) is 135 Å². The van der Waals surface area contributed by atoms with E-state index in [1.807, 2.05) is 0 Å². The first kappa shape index (κ1) is 52.9. The van der Waals surface area contributed by atoms with E-state index < -0.39 is 19.9 Å². The quantitative estimate of drug-likeness (QED) is 0.0274. The Morgan fingerprint density at radius 1 is 0.536 bits per heavy atom. The standard InChI is InChI=1S/C47H76NO7P/c1-3-5-7-9-11-13-15-17-19-20-21-22-23-24-25-26-27-28-30-32-34-36-38-40-47(49)55-46(45-54-56(50,51)53-43-41-48)44-52-42-39-37-35-33-31-29-18-16-14-12-10-8-6-4-2/h5-8,11-14,17-19,21-22,24-25,27-29,32,34,46H,3-4,9-10,15-16,20,23,26,30-31,33,35-45,48H2,1-2H3,(H,50,51)/b7-5-,8-6-,13-11-,14-12-,19-17-,22-21-,25-24-,28-27-,29-18-,34-32-. The summed E-state index contributed by atoms with van der Waals surface area (Å²) >= 11 is 0. The number of carbonyl (C=O) groups excluding carboxylic acids is 1. The fourth-order valence-corrected chi connectivity index (χ4v) is 5.65. The van der Waals surface area contributed by atoms with Crippen molar-refractivity contribution < 1.29 is 32.8 Å². The first-order valence-corrected chi connectivity index (χ1v) is 22.5. The van der Waals surface area contributed by atoms with Gasteiger partial charge in [-0.15, -0.1) is 0 Å². The lowest BCUT2D eigenvalue weighted by atomic mass is 10.1. The summed E-state index contributed by atoms with van der Waals surface area (Å²) in [4.78, 5) is 22.4. The number of hydrogen-bond acceptors (Lipinski definition) is 7. The zero-order chi connectivity index (χ0) is 40.9. The summed E-state index contributed by atoms with van der Waals surface area (Å²) in [7, 11) is -4.31. The largest absolute Gasteiger partial charge is 0.472 e. The molecule has 0 saturated carbocycles. The predicted octanol–water partition coefficient (Wildman–Crippen LogP) is 12.6. The fraction of sp³-hybridized carbons (Fsp3) is 0.553. The molecule has 0 rings (SSSR count). The van der Waals surface area contributed by atoms with Gasteiger partial charge in [-0.2, -0.15) is 0 Å². The zero-order valence-electron chi connectivity index (χ0n) is 34.8. The second kappa shape index (κ2) is 43.0. The molecule has 0 spiro atoms. The summed E-state index contributed by atoms with van der Waals surface area (Å²) in [5, 5.41) is 0. The highest BCUT2D eigenvalue weighted by molar-refractivity contribution is 7.47. The Morgan fingerprint density at radius 3 is 1.39 bits per heavy atom.